The Labute approximate surface area is 160 Å². The fourth-order valence-electron chi connectivity index (χ4n) is 2.15. The molecule has 8 heteroatoms. The van der Waals surface area contributed by atoms with Gasteiger partial charge in [0.1, 0.15) is 5.82 Å². The van der Waals surface area contributed by atoms with Crippen molar-refractivity contribution in [1.82, 2.24) is 4.98 Å². The van der Waals surface area contributed by atoms with Gasteiger partial charge < -0.3 is 15.4 Å². The van der Waals surface area contributed by atoms with E-state index in [1.807, 2.05) is 0 Å². The molecule has 1 aliphatic rings. The lowest BCUT2D eigenvalue weighted by molar-refractivity contribution is -0.123. The minimum absolute atomic E-state index is 0.226. The Balaban J connectivity index is 1.57. The Kier molecular flexibility index (Phi) is 5.64. The van der Waals surface area contributed by atoms with Crippen LogP contribution in [0.2, 0.25) is 10.0 Å². The maximum atomic E-state index is 12.2. The minimum Gasteiger partial charge on any atom is -0.449 e. The summed E-state index contributed by atoms with van der Waals surface area (Å²) in [6, 6.07) is 8.67. The number of anilines is 2. The molecule has 1 aliphatic carbocycles. The first-order valence-electron chi connectivity index (χ1n) is 8.12. The van der Waals surface area contributed by atoms with Crippen molar-refractivity contribution < 1.29 is 14.3 Å². The van der Waals surface area contributed by atoms with Gasteiger partial charge in [-0.1, -0.05) is 29.3 Å². The Hall–Kier alpha value is -2.31. The molecule has 26 heavy (non-hydrogen) atoms. The molecule has 0 radical (unpaired) electrons. The summed E-state index contributed by atoms with van der Waals surface area (Å²) >= 11 is 11.9. The van der Waals surface area contributed by atoms with E-state index in [-0.39, 0.29) is 10.6 Å². The lowest BCUT2D eigenvalue weighted by atomic mass is 10.2. The van der Waals surface area contributed by atoms with Gasteiger partial charge >= 0.3 is 5.97 Å². The van der Waals surface area contributed by atoms with Gasteiger partial charge in [-0.2, -0.15) is 0 Å². The number of rotatable bonds is 6. The molecular formula is C18H17Cl2N3O3. The van der Waals surface area contributed by atoms with Crippen LogP contribution in [0.15, 0.2) is 36.5 Å². The second kappa shape index (κ2) is 7.93. The Morgan fingerprint density at radius 1 is 1.23 bits per heavy atom. The summed E-state index contributed by atoms with van der Waals surface area (Å²) in [4.78, 5) is 28.6. The average molecular weight is 394 g/mol. The number of esters is 1. The summed E-state index contributed by atoms with van der Waals surface area (Å²) in [6.45, 7) is 1.47. The van der Waals surface area contributed by atoms with Crippen molar-refractivity contribution >= 4 is 46.6 Å². The molecule has 2 aromatic rings. The first kappa shape index (κ1) is 18.5. The summed E-state index contributed by atoms with van der Waals surface area (Å²) in [5.41, 5.74) is 0.621. The zero-order valence-corrected chi connectivity index (χ0v) is 15.5. The van der Waals surface area contributed by atoms with E-state index >= 15 is 0 Å². The predicted molar refractivity (Wildman–Crippen MR) is 101 cm³/mol. The molecule has 1 fully saturated rings. The van der Waals surface area contributed by atoms with Crippen molar-refractivity contribution in [3.05, 3.63) is 52.1 Å². The maximum Gasteiger partial charge on any atom is 0.340 e. The number of hydrogen-bond donors (Lipinski definition) is 2. The standard InChI is InChI=1S/C18H17Cl2N3O3/c1-10(17(24)23-14-4-2-3-13(19)16(14)20)26-18(25)11-5-8-15(21-9-11)22-12-6-7-12/h2-5,8-10,12H,6-7H2,1H3,(H,21,22)(H,23,24). The molecule has 0 saturated heterocycles. The molecular weight excluding hydrogens is 377 g/mol. The number of carbonyl (C=O) groups excluding carboxylic acids is 2. The molecule has 136 valence electrons. The molecule has 3 rings (SSSR count). The largest absolute Gasteiger partial charge is 0.449 e. The van der Waals surface area contributed by atoms with Gasteiger partial charge in [0.2, 0.25) is 0 Å². The molecule has 0 aliphatic heterocycles. The number of carbonyl (C=O) groups is 2. The molecule has 1 amide bonds. The van der Waals surface area contributed by atoms with E-state index in [0.717, 1.165) is 12.8 Å². The second-order valence-corrected chi connectivity index (χ2v) is 6.77. The van der Waals surface area contributed by atoms with Crippen molar-refractivity contribution in [1.29, 1.82) is 0 Å². The molecule has 1 unspecified atom stereocenters. The minimum atomic E-state index is -1.01. The SMILES string of the molecule is CC(OC(=O)c1ccc(NC2CC2)nc1)C(=O)Nc1cccc(Cl)c1Cl. The Morgan fingerprint density at radius 3 is 2.65 bits per heavy atom. The smallest absolute Gasteiger partial charge is 0.340 e. The first-order valence-corrected chi connectivity index (χ1v) is 8.88. The van der Waals surface area contributed by atoms with Crippen LogP contribution in [-0.2, 0) is 9.53 Å². The van der Waals surface area contributed by atoms with Crippen LogP contribution in [0, 0.1) is 0 Å². The number of nitrogens with zero attached hydrogens (tertiary/aromatic N) is 1. The van der Waals surface area contributed by atoms with Crippen LogP contribution in [0.5, 0.6) is 0 Å². The van der Waals surface area contributed by atoms with Gasteiger partial charge in [0, 0.05) is 12.2 Å². The molecule has 1 atom stereocenters. The van der Waals surface area contributed by atoms with E-state index in [1.54, 1.807) is 30.3 Å². The van der Waals surface area contributed by atoms with Gasteiger partial charge in [-0.3, -0.25) is 4.79 Å². The fraction of sp³-hybridized carbons (Fsp3) is 0.278. The molecule has 1 heterocycles. The monoisotopic (exact) mass is 393 g/mol. The van der Waals surface area contributed by atoms with Crippen LogP contribution in [0.3, 0.4) is 0 Å². The molecule has 1 aromatic carbocycles. The third-order valence-electron chi connectivity index (χ3n) is 3.79. The highest BCUT2D eigenvalue weighted by molar-refractivity contribution is 6.44. The summed E-state index contributed by atoms with van der Waals surface area (Å²) in [5.74, 6) is -0.428. The van der Waals surface area contributed by atoms with Crippen molar-refractivity contribution in [2.45, 2.75) is 31.9 Å². The zero-order valence-electron chi connectivity index (χ0n) is 14.0. The second-order valence-electron chi connectivity index (χ2n) is 5.99. The molecule has 6 nitrogen and oxygen atoms in total. The lowest BCUT2D eigenvalue weighted by Gasteiger charge is -2.14. The Bertz CT molecular complexity index is 823. The van der Waals surface area contributed by atoms with E-state index < -0.39 is 18.0 Å². The van der Waals surface area contributed by atoms with Gasteiger partial charge in [-0.15, -0.1) is 0 Å². The van der Waals surface area contributed by atoms with Crippen LogP contribution in [0.4, 0.5) is 11.5 Å². The quantitative estimate of drug-likeness (QED) is 0.720. The van der Waals surface area contributed by atoms with Crippen LogP contribution >= 0.6 is 23.2 Å². The van der Waals surface area contributed by atoms with Gasteiger partial charge in [0.25, 0.3) is 5.91 Å². The topological polar surface area (TPSA) is 80.3 Å². The van der Waals surface area contributed by atoms with Gasteiger partial charge in [0.05, 0.1) is 21.3 Å². The molecule has 2 N–H and O–H groups in total. The van der Waals surface area contributed by atoms with Crippen LogP contribution in [0.1, 0.15) is 30.1 Å². The zero-order chi connectivity index (χ0) is 18.7. The number of pyridine rings is 1. The third-order valence-corrected chi connectivity index (χ3v) is 4.61. The summed E-state index contributed by atoms with van der Waals surface area (Å²) in [7, 11) is 0. The normalized spacial score (nSPS) is 14.4. The molecule has 0 bridgehead atoms. The van der Waals surface area contributed by atoms with Crippen molar-refractivity contribution in [3.63, 3.8) is 0 Å². The highest BCUT2D eigenvalue weighted by atomic mass is 35.5. The number of nitrogens with one attached hydrogen (secondary N) is 2. The van der Waals surface area contributed by atoms with Gasteiger partial charge in [-0.25, -0.2) is 9.78 Å². The van der Waals surface area contributed by atoms with Crippen molar-refractivity contribution in [2.75, 3.05) is 10.6 Å². The molecule has 1 saturated carbocycles. The van der Waals surface area contributed by atoms with Crippen molar-refractivity contribution in [2.24, 2.45) is 0 Å². The number of benzene rings is 1. The highest BCUT2D eigenvalue weighted by Gasteiger charge is 2.22. The number of halogens is 2. The van der Waals surface area contributed by atoms with Gasteiger partial charge in [-0.05, 0) is 44.0 Å². The van der Waals surface area contributed by atoms with E-state index in [4.69, 9.17) is 27.9 Å². The third kappa shape index (κ3) is 4.65. The lowest BCUT2D eigenvalue weighted by Crippen LogP contribution is -2.30. The Morgan fingerprint density at radius 2 is 2.00 bits per heavy atom. The number of ether oxygens (including phenoxy) is 1. The van der Waals surface area contributed by atoms with Crippen LogP contribution < -0.4 is 10.6 Å². The van der Waals surface area contributed by atoms with Crippen LogP contribution in [-0.4, -0.2) is 29.0 Å². The molecule has 1 aromatic heterocycles. The maximum absolute atomic E-state index is 12.2. The van der Waals surface area contributed by atoms with Crippen LogP contribution in [0.25, 0.3) is 0 Å². The average Bonchev–Trinajstić information content (AvgIpc) is 3.43. The number of hydrogen-bond acceptors (Lipinski definition) is 5. The van der Waals surface area contributed by atoms with E-state index in [2.05, 4.69) is 15.6 Å². The summed E-state index contributed by atoms with van der Waals surface area (Å²) in [6.07, 6.45) is 2.68. The predicted octanol–water partition coefficient (Wildman–Crippen LogP) is 4.15. The summed E-state index contributed by atoms with van der Waals surface area (Å²) < 4.78 is 5.19. The van der Waals surface area contributed by atoms with Gasteiger partial charge in [0.15, 0.2) is 6.10 Å². The fourth-order valence-corrected chi connectivity index (χ4v) is 2.50. The van der Waals surface area contributed by atoms with Crippen molar-refractivity contribution in [3.8, 4) is 0 Å². The van der Waals surface area contributed by atoms with E-state index in [0.29, 0.717) is 22.6 Å². The first-order chi connectivity index (χ1) is 12.4. The van der Waals surface area contributed by atoms with E-state index in [1.165, 1.54) is 13.1 Å². The molecule has 0 spiro atoms. The highest BCUT2D eigenvalue weighted by Crippen LogP contribution is 2.29. The number of amides is 1. The summed E-state index contributed by atoms with van der Waals surface area (Å²) in [5, 5.41) is 6.36. The number of aromatic nitrogens is 1. The van der Waals surface area contributed by atoms with E-state index in [9.17, 15) is 9.59 Å².